The zero-order chi connectivity index (χ0) is 14.4. The van der Waals surface area contributed by atoms with E-state index in [4.69, 9.17) is 5.11 Å². The van der Waals surface area contributed by atoms with Gasteiger partial charge < -0.3 is 20.2 Å². The lowest BCUT2D eigenvalue weighted by Gasteiger charge is -2.29. The number of hydrogen-bond donors (Lipinski definition) is 2. The zero-order valence-corrected chi connectivity index (χ0v) is 12.0. The number of nitrogens with zero attached hydrogens (tertiary/aromatic N) is 2. The van der Waals surface area contributed by atoms with Gasteiger partial charge in [0.2, 0.25) is 0 Å². The molecule has 2 rings (SSSR count). The Balaban J connectivity index is 1.92. The van der Waals surface area contributed by atoms with E-state index in [1.54, 1.807) is 7.05 Å². The van der Waals surface area contributed by atoms with Crippen molar-refractivity contribution in [3.05, 3.63) is 24.3 Å². The molecule has 0 unspecified atom stereocenters. The minimum absolute atomic E-state index is 0.0299. The molecule has 5 heteroatoms. The van der Waals surface area contributed by atoms with Crippen molar-refractivity contribution in [3.63, 3.8) is 0 Å². The molecule has 110 valence electrons. The quantitative estimate of drug-likeness (QED) is 0.886. The Morgan fingerprint density at radius 3 is 2.50 bits per heavy atom. The summed E-state index contributed by atoms with van der Waals surface area (Å²) in [6.07, 6.45) is 3.83. The standard InChI is InChI=1S/C15H23N3O2/c1-17(11-12-19)15(20)16-13-5-7-14(8-6-13)18-9-3-2-4-10-18/h5-8,19H,2-4,9-12H2,1H3,(H,16,20). The van der Waals surface area contributed by atoms with Gasteiger partial charge in [-0.05, 0) is 43.5 Å². The molecule has 0 saturated carbocycles. The molecular weight excluding hydrogens is 254 g/mol. The first-order valence-corrected chi connectivity index (χ1v) is 7.18. The average molecular weight is 277 g/mol. The van der Waals surface area contributed by atoms with Crippen molar-refractivity contribution < 1.29 is 9.90 Å². The fourth-order valence-electron chi connectivity index (χ4n) is 2.38. The lowest BCUT2D eigenvalue weighted by molar-refractivity contribution is 0.202. The Hall–Kier alpha value is -1.75. The molecule has 0 aromatic heterocycles. The van der Waals surface area contributed by atoms with Crippen LogP contribution in [-0.4, -0.2) is 49.3 Å². The van der Waals surface area contributed by atoms with Crippen LogP contribution in [0.5, 0.6) is 0 Å². The highest BCUT2D eigenvalue weighted by molar-refractivity contribution is 5.89. The van der Waals surface area contributed by atoms with Gasteiger partial charge in [0.05, 0.1) is 6.61 Å². The number of hydrogen-bond acceptors (Lipinski definition) is 3. The van der Waals surface area contributed by atoms with Gasteiger partial charge in [-0.3, -0.25) is 0 Å². The smallest absolute Gasteiger partial charge is 0.321 e. The van der Waals surface area contributed by atoms with Crippen LogP contribution in [0, 0.1) is 0 Å². The number of amides is 2. The molecule has 1 fully saturated rings. The number of benzene rings is 1. The summed E-state index contributed by atoms with van der Waals surface area (Å²) in [6, 6.07) is 7.74. The minimum atomic E-state index is -0.204. The number of rotatable bonds is 4. The SMILES string of the molecule is CN(CCO)C(=O)Nc1ccc(N2CCCCC2)cc1. The first-order chi connectivity index (χ1) is 9.70. The lowest BCUT2D eigenvalue weighted by Crippen LogP contribution is -2.33. The van der Waals surface area contributed by atoms with Crippen molar-refractivity contribution in [1.82, 2.24) is 4.90 Å². The molecule has 1 aromatic carbocycles. The largest absolute Gasteiger partial charge is 0.395 e. The van der Waals surface area contributed by atoms with Gasteiger partial charge in [0.1, 0.15) is 0 Å². The van der Waals surface area contributed by atoms with Gasteiger partial charge in [-0.25, -0.2) is 4.79 Å². The lowest BCUT2D eigenvalue weighted by atomic mass is 10.1. The van der Waals surface area contributed by atoms with E-state index in [-0.39, 0.29) is 12.6 Å². The number of aliphatic hydroxyl groups is 1. The summed E-state index contributed by atoms with van der Waals surface area (Å²) in [5.41, 5.74) is 1.99. The van der Waals surface area contributed by atoms with Crippen molar-refractivity contribution in [2.24, 2.45) is 0 Å². The molecule has 0 atom stereocenters. The van der Waals surface area contributed by atoms with Gasteiger partial charge in [0.25, 0.3) is 0 Å². The third-order valence-electron chi connectivity index (χ3n) is 3.62. The van der Waals surface area contributed by atoms with Gasteiger partial charge >= 0.3 is 6.03 Å². The van der Waals surface area contributed by atoms with E-state index < -0.39 is 0 Å². The van der Waals surface area contributed by atoms with Gasteiger partial charge in [-0.1, -0.05) is 0 Å². The summed E-state index contributed by atoms with van der Waals surface area (Å²) in [6.45, 7) is 2.53. The summed E-state index contributed by atoms with van der Waals surface area (Å²) < 4.78 is 0. The van der Waals surface area contributed by atoms with E-state index in [1.165, 1.54) is 29.8 Å². The van der Waals surface area contributed by atoms with Crippen molar-refractivity contribution in [2.75, 3.05) is 43.5 Å². The van der Waals surface area contributed by atoms with Crippen LogP contribution in [-0.2, 0) is 0 Å². The third-order valence-corrected chi connectivity index (χ3v) is 3.62. The highest BCUT2D eigenvalue weighted by atomic mass is 16.3. The Labute approximate surface area is 120 Å². The van der Waals surface area contributed by atoms with Crippen LogP contribution in [0.4, 0.5) is 16.2 Å². The van der Waals surface area contributed by atoms with Gasteiger partial charge in [0, 0.05) is 38.1 Å². The molecular formula is C15H23N3O2. The second-order valence-electron chi connectivity index (χ2n) is 5.17. The molecule has 0 radical (unpaired) electrons. The summed E-state index contributed by atoms with van der Waals surface area (Å²) in [5, 5.41) is 11.6. The van der Waals surface area contributed by atoms with Crippen LogP contribution in [0.3, 0.4) is 0 Å². The maximum absolute atomic E-state index is 11.8. The predicted molar refractivity (Wildman–Crippen MR) is 81.2 cm³/mol. The molecule has 1 aromatic rings. The molecule has 0 bridgehead atoms. The Kier molecular flexibility index (Phi) is 5.24. The van der Waals surface area contributed by atoms with E-state index in [0.717, 1.165) is 18.8 Å². The number of carbonyl (C=O) groups excluding carboxylic acids is 1. The van der Waals surface area contributed by atoms with E-state index in [9.17, 15) is 4.79 Å². The van der Waals surface area contributed by atoms with Crippen molar-refractivity contribution in [3.8, 4) is 0 Å². The molecule has 2 amide bonds. The number of likely N-dealkylation sites (N-methyl/N-ethyl adjacent to an activating group) is 1. The molecule has 1 heterocycles. The minimum Gasteiger partial charge on any atom is -0.395 e. The molecule has 2 N–H and O–H groups in total. The van der Waals surface area contributed by atoms with Crippen LogP contribution < -0.4 is 10.2 Å². The highest BCUT2D eigenvalue weighted by Gasteiger charge is 2.11. The number of carbonyl (C=O) groups is 1. The second kappa shape index (κ2) is 7.14. The topological polar surface area (TPSA) is 55.8 Å². The number of urea groups is 1. The average Bonchev–Trinajstić information content (AvgIpc) is 2.49. The highest BCUT2D eigenvalue weighted by Crippen LogP contribution is 2.21. The normalized spacial score (nSPS) is 15.0. The van der Waals surface area contributed by atoms with Gasteiger partial charge in [0.15, 0.2) is 0 Å². The van der Waals surface area contributed by atoms with Gasteiger partial charge in [-0.15, -0.1) is 0 Å². The van der Waals surface area contributed by atoms with E-state index in [1.807, 2.05) is 24.3 Å². The van der Waals surface area contributed by atoms with Crippen molar-refractivity contribution >= 4 is 17.4 Å². The summed E-state index contributed by atoms with van der Waals surface area (Å²) in [7, 11) is 1.66. The number of nitrogens with one attached hydrogen (secondary N) is 1. The van der Waals surface area contributed by atoms with Crippen molar-refractivity contribution in [2.45, 2.75) is 19.3 Å². The third kappa shape index (κ3) is 3.87. The van der Waals surface area contributed by atoms with Crippen LogP contribution >= 0.6 is 0 Å². The van der Waals surface area contributed by atoms with Crippen LogP contribution in [0.25, 0.3) is 0 Å². The maximum atomic E-state index is 11.8. The second-order valence-corrected chi connectivity index (χ2v) is 5.17. The fourth-order valence-corrected chi connectivity index (χ4v) is 2.38. The van der Waals surface area contributed by atoms with E-state index in [0.29, 0.717) is 6.54 Å². The molecule has 0 aliphatic carbocycles. The van der Waals surface area contributed by atoms with Crippen LogP contribution in [0.15, 0.2) is 24.3 Å². The molecule has 1 aliphatic rings. The van der Waals surface area contributed by atoms with Crippen LogP contribution in [0.2, 0.25) is 0 Å². The summed E-state index contributed by atoms with van der Waals surface area (Å²) >= 11 is 0. The molecule has 1 aliphatic heterocycles. The first kappa shape index (κ1) is 14.7. The fraction of sp³-hybridized carbons (Fsp3) is 0.533. The number of anilines is 2. The molecule has 5 nitrogen and oxygen atoms in total. The summed E-state index contributed by atoms with van der Waals surface area (Å²) in [4.78, 5) is 15.6. The molecule has 0 spiro atoms. The maximum Gasteiger partial charge on any atom is 0.321 e. The number of aliphatic hydroxyl groups excluding tert-OH is 1. The summed E-state index contributed by atoms with van der Waals surface area (Å²) in [5.74, 6) is 0. The molecule has 20 heavy (non-hydrogen) atoms. The van der Waals surface area contributed by atoms with E-state index in [2.05, 4.69) is 10.2 Å². The van der Waals surface area contributed by atoms with Gasteiger partial charge in [-0.2, -0.15) is 0 Å². The van der Waals surface area contributed by atoms with E-state index >= 15 is 0 Å². The van der Waals surface area contributed by atoms with Crippen LogP contribution in [0.1, 0.15) is 19.3 Å². The Bertz CT molecular complexity index is 427. The zero-order valence-electron chi connectivity index (χ0n) is 12.0. The molecule has 1 saturated heterocycles. The monoisotopic (exact) mass is 277 g/mol. The Morgan fingerprint density at radius 2 is 1.90 bits per heavy atom. The predicted octanol–water partition coefficient (Wildman–Crippen LogP) is 2.13. The Morgan fingerprint density at radius 1 is 1.25 bits per heavy atom. The first-order valence-electron chi connectivity index (χ1n) is 7.18. The van der Waals surface area contributed by atoms with Crippen molar-refractivity contribution in [1.29, 1.82) is 0 Å². The number of piperidine rings is 1.